The van der Waals surface area contributed by atoms with Gasteiger partial charge in [0.25, 0.3) is 0 Å². The predicted octanol–water partition coefficient (Wildman–Crippen LogP) is 1.94. The smallest absolute Gasteiger partial charge is 0.308 e. The summed E-state index contributed by atoms with van der Waals surface area (Å²) in [6, 6.07) is 0. The van der Waals surface area contributed by atoms with E-state index in [1.807, 2.05) is 18.7 Å². The molecule has 3 heteroatoms. The van der Waals surface area contributed by atoms with Gasteiger partial charge in [0.2, 0.25) is 0 Å². The zero-order valence-corrected chi connectivity index (χ0v) is 8.52. The van der Waals surface area contributed by atoms with E-state index in [0.717, 1.165) is 0 Å². The average Bonchev–Trinajstić information content (AvgIpc) is 2.17. The van der Waals surface area contributed by atoms with Gasteiger partial charge in [0, 0.05) is 0 Å². The van der Waals surface area contributed by atoms with E-state index >= 15 is 0 Å². The van der Waals surface area contributed by atoms with Crippen LogP contribution in [0.2, 0.25) is 0 Å². The quantitative estimate of drug-likeness (QED) is 0.619. The van der Waals surface area contributed by atoms with Crippen molar-refractivity contribution in [1.82, 2.24) is 0 Å². The molecular formula is C9H16O2S. The lowest BCUT2D eigenvalue weighted by Crippen LogP contribution is -2.25. The van der Waals surface area contributed by atoms with Crippen LogP contribution in [0.4, 0.5) is 0 Å². The topological polar surface area (TPSA) is 26.3 Å². The standard InChI is InChI=1S/C9H16O2S/c1-7(9(10)11-2)8-3-5-12-6-4-8/h7-8H,3-6H2,1-2H3. The molecule has 1 rings (SSSR count). The van der Waals surface area contributed by atoms with Gasteiger partial charge in [-0.1, -0.05) is 6.92 Å². The number of carbonyl (C=O) groups excluding carboxylic acids is 1. The van der Waals surface area contributed by atoms with Crippen molar-refractivity contribution < 1.29 is 9.53 Å². The number of ether oxygens (including phenoxy) is 1. The van der Waals surface area contributed by atoms with E-state index < -0.39 is 0 Å². The summed E-state index contributed by atoms with van der Waals surface area (Å²) in [5, 5.41) is 0. The van der Waals surface area contributed by atoms with Gasteiger partial charge in [-0.2, -0.15) is 11.8 Å². The van der Waals surface area contributed by atoms with Crippen LogP contribution in [0.5, 0.6) is 0 Å². The normalized spacial score (nSPS) is 21.8. The van der Waals surface area contributed by atoms with Crippen LogP contribution in [0.15, 0.2) is 0 Å². The van der Waals surface area contributed by atoms with Crippen LogP contribution >= 0.6 is 11.8 Å². The maximum absolute atomic E-state index is 11.2. The lowest BCUT2D eigenvalue weighted by atomic mass is 9.89. The fourth-order valence-corrected chi connectivity index (χ4v) is 2.74. The fourth-order valence-electron chi connectivity index (χ4n) is 1.59. The molecular weight excluding hydrogens is 172 g/mol. The number of hydrogen-bond acceptors (Lipinski definition) is 3. The van der Waals surface area contributed by atoms with E-state index in [9.17, 15) is 4.79 Å². The monoisotopic (exact) mass is 188 g/mol. The zero-order chi connectivity index (χ0) is 8.97. The molecule has 0 aromatic rings. The van der Waals surface area contributed by atoms with Gasteiger partial charge in [-0.25, -0.2) is 0 Å². The molecule has 1 aliphatic heterocycles. The van der Waals surface area contributed by atoms with E-state index in [0.29, 0.717) is 5.92 Å². The molecule has 70 valence electrons. The fraction of sp³-hybridized carbons (Fsp3) is 0.889. The maximum atomic E-state index is 11.2. The van der Waals surface area contributed by atoms with E-state index in [2.05, 4.69) is 0 Å². The molecule has 0 aromatic carbocycles. The van der Waals surface area contributed by atoms with Crippen LogP contribution in [0, 0.1) is 11.8 Å². The van der Waals surface area contributed by atoms with Gasteiger partial charge < -0.3 is 4.74 Å². The maximum Gasteiger partial charge on any atom is 0.308 e. The highest BCUT2D eigenvalue weighted by Gasteiger charge is 2.25. The Morgan fingerprint density at radius 3 is 2.58 bits per heavy atom. The first-order chi connectivity index (χ1) is 5.75. The Morgan fingerprint density at radius 1 is 1.50 bits per heavy atom. The Labute approximate surface area is 78.1 Å². The first-order valence-electron chi connectivity index (χ1n) is 4.41. The van der Waals surface area contributed by atoms with E-state index in [1.54, 1.807) is 0 Å². The Morgan fingerprint density at radius 2 is 2.08 bits per heavy atom. The van der Waals surface area contributed by atoms with Gasteiger partial charge in [-0.05, 0) is 30.3 Å². The van der Waals surface area contributed by atoms with E-state index in [4.69, 9.17) is 4.74 Å². The Kier molecular flexibility index (Phi) is 3.92. The molecule has 0 aromatic heterocycles. The van der Waals surface area contributed by atoms with E-state index in [1.165, 1.54) is 31.5 Å². The number of methoxy groups -OCH3 is 1. The van der Waals surface area contributed by atoms with Crippen LogP contribution in [0.1, 0.15) is 19.8 Å². The van der Waals surface area contributed by atoms with Crippen LogP contribution in [0.3, 0.4) is 0 Å². The molecule has 0 spiro atoms. The molecule has 0 N–H and O–H groups in total. The second-order valence-corrected chi connectivity index (χ2v) is 4.49. The van der Waals surface area contributed by atoms with Crippen LogP contribution < -0.4 is 0 Å². The third-order valence-electron chi connectivity index (χ3n) is 2.55. The van der Waals surface area contributed by atoms with Crippen molar-refractivity contribution in [2.24, 2.45) is 11.8 Å². The molecule has 12 heavy (non-hydrogen) atoms. The molecule has 0 radical (unpaired) electrons. The largest absolute Gasteiger partial charge is 0.469 e. The average molecular weight is 188 g/mol. The van der Waals surface area contributed by atoms with Gasteiger partial charge in [-0.3, -0.25) is 4.79 Å². The summed E-state index contributed by atoms with van der Waals surface area (Å²) < 4.78 is 4.72. The summed E-state index contributed by atoms with van der Waals surface area (Å²) >= 11 is 1.98. The minimum atomic E-state index is -0.0492. The predicted molar refractivity (Wildman–Crippen MR) is 51.2 cm³/mol. The third kappa shape index (κ3) is 2.41. The molecule has 0 saturated carbocycles. The van der Waals surface area contributed by atoms with Crippen molar-refractivity contribution >= 4 is 17.7 Å². The Hall–Kier alpha value is -0.180. The van der Waals surface area contributed by atoms with Gasteiger partial charge in [0.05, 0.1) is 13.0 Å². The molecule has 1 atom stereocenters. The van der Waals surface area contributed by atoms with E-state index in [-0.39, 0.29) is 11.9 Å². The lowest BCUT2D eigenvalue weighted by molar-refractivity contribution is -0.146. The molecule has 2 nitrogen and oxygen atoms in total. The summed E-state index contributed by atoms with van der Waals surface area (Å²) in [6.45, 7) is 1.98. The van der Waals surface area contributed by atoms with Gasteiger partial charge in [-0.15, -0.1) is 0 Å². The SMILES string of the molecule is COC(=O)C(C)C1CCSCC1. The highest BCUT2D eigenvalue weighted by atomic mass is 32.2. The summed E-state index contributed by atoms with van der Waals surface area (Å²) in [5.41, 5.74) is 0. The summed E-state index contributed by atoms with van der Waals surface area (Å²) in [7, 11) is 1.47. The molecule has 1 fully saturated rings. The number of rotatable bonds is 2. The number of hydrogen-bond donors (Lipinski definition) is 0. The molecule has 1 heterocycles. The number of esters is 1. The minimum absolute atomic E-state index is 0.0492. The van der Waals surface area contributed by atoms with Crippen molar-refractivity contribution in [2.45, 2.75) is 19.8 Å². The highest BCUT2D eigenvalue weighted by Crippen LogP contribution is 2.29. The summed E-state index contributed by atoms with van der Waals surface area (Å²) in [6.07, 6.45) is 2.34. The highest BCUT2D eigenvalue weighted by molar-refractivity contribution is 7.99. The molecule has 0 aliphatic carbocycles. The number of carbonyl (C=O) groups is 1. The third-order valence-corrected chi connectivity index (χ3v) is 3.59. The number of thioether (sulfide) groups is 1. The van der Waals surface area contributed by atoms with Crippen molar-refractivity contribution in [3.8, 4) is 0 Å². The van der Waals surface area contributed by atoms with Crippen LogP contribution in [0.25, 0.3) is 0 Å². The van der Waals surface area contributed by atoms with Crippen molar-refractivity contribution in [3.63, 3.8) is 0 Å². The molecule has 0 amide bonds. The zero-order valence-electron chi connectivity index (χ0n) is 7.71. The second-order valence-electron chi connectivity index (χ2n) is 3.26. The van der Waals surface area contributed by atoms with Crippen LogP contribution in [-0.4, -0.2) is 24.6 Å². The molecule has 1 unspecified atom stereocenters. The van der Waals surface area contributed by atoms with Gasteiger partial charge in [0.15, 0.2) is 0 Å². The van der Waals surface area contributed by atoms with Crippen LogP contribution in [-0.2, 0) is 9.53 Å². The van der Waals surface area contributed by atoms with Crippen molar-refractivity contribution in [2.75, 3.05) is 18.6 Å². The van der Waals surface area contributed by atoms with Gasteiger partial charge in [0.1, 0.15) is 0 Å². The summed E-state index contributed by atoms with van der Waals surface area (Å²) in [4.78, 5) is 11.2. The molecule has 1 aliphatic rings. The summed E-state index contributed by atoms with van der Waals surface area (Å²) in [5.74, 6) is 3.00. The molecule has 1 saturated heterocycles. The first kappa shape index (κ1) is 9.90. The Balaban J connectivity index is 2.39. The van der Waals surface area contributed by atoms with Crippen molar-refractivity contribution in [3.05, 3.63) is 0 Å². The molecule has 0 bridgehead atoms. The second kappa shape index (κ2) is 4.75. The Bertz CT molecular complexity index is 153. The van der Waals surface area contributed by atoms with Crippen molar-refractivity contribution in [1.29, 1.82) is 0 Å². The minimum Gasteiger partial charge on any atom is -0.469 e. The lowest BCUT2D eigenvalue weighted by Gasteiger charge is -2.25. The van der Waals surface area contributed by atoms with Gasteiger partial charge >= 0.3 is 5.97 Å². The first-order valence-corrected chi connectivity index (χ1v) is 5.56.